The molecule has 2 rings (SSSR count). The molecule has 0 aromatic carbocycles. The van der Waals surface area contributed by atoms with Crippen LogP contribution in [0.25, 0.3) is 0 Å². The molecule has 1 saturated heterocycles. The monoisotopic (exact) mass is 266 g/mol. The van der Waals surface area contributed by atoms with E-state index in [2.05, 4.69) is 17.1 Å². The van der Waals surface area contributed by atoms with Gasteiger partial charge in [-0.1, -0.05) is 6.92 Å². The largest absolute Gasteiger partial charge is 0.350 e. The van der Waals surface area contributed by atoms with Gasteiger partial charge in [-0.25, -0.2) is 0 Å². The molecule has 0 saturated carbocycles. The van der Waals surface area contributed by atoms with Crippen molar-refractivity contribution in [1.82, 2.24) is 10.2 Å². The van der Waals surface area contributed by atoms with E-state index in [9.17, 15) is 4.79 Å². The normalized spacial score (nSPS) is 17.9. The summed E-state index contributed by atoms with van der Waals surface area (Å²) >= 11 is 1.52. The summed E-state index contributed by atoms with van der Waals surface area (Å²) in [6.45, 7) is 7.33. The fraction of sp³-hybridized carbons (Fsp3) is 0.643. The average Bonchev–Trinajstić information content (AvgIpc) is 3.01. The Hall–Kier alpha value is -0.870. The molecule has 1 aliphatic heterocycles. The molecule has 0 spiro atoms. The second kappa shape index (κ2) is 6.34. The van der Waals surface area contributed by atoms with E-state index in [1.165, 1.54) is 37.3 Å². The van der Waals surface area contributed by atoms with E-state index in [4.69, 9.17) is 0 Å². The molecule has 1 aromatic rings. The smallest absolute Gasteiger partial charge is 0.261 e. The molecule has 1 fully saturated rings. The molecule has 1 amide bonds. The first-order valence-electron chi connectivity index (χ1n) is 6.78. The van der Waals surface area contributed by atoms with Crippen molar-refractivity contribution in [2.75, 3.05) is 19.6 Å². The van der Waals surface area contributed by atoms with Gasteiger partial charge in [-0.3, -0.25) is 9.69 Å². The van der Waals surface area contributed by atoms with Crippen molar-refractivity contribution in [3.8, 4) is 0 Å². The molecule has 4 heteroatoms. The molecule has 0 aliphatic carbocycles. The lowest BCUT2D eigenvalue weighted by Gasteiger charge is -2.26. The van der Waals surface area contributed by atoms with Crippen molar-refractivity contribution < 1.29 is 4.79 Å². The molecule has 0 radical (unpaired) electrons. The van der Waals surface area contributed by atoms with Crippen LogP contribution in [0.2, 0.25) is 0 Å². The Morgan fingerprint density at radius 3 is 2.78 bits per heavy atom. The first-order valence-corrected chi connectivity index (χ1v) is 7.66. The van der Waals surface area contributed by atoms with Crippen LogP contribution < -0.4 is 5.32 Å². The van der Waals surface area contributed by atoms with Crippen molar-refractivity contribution in [2.24, 2.45) is 0 Å². The zero-order chi connectivity index (χ0) is 13.0. The van der Waals surface area contributed by atoms with Crippen LogP contribution in [0.15, 0.2) is 11.4 Å². The van der Waals surface area contributed by atoms with Gasteiger partial charge in [0, 0.05) is 12.6 Å². The predicted molar refractivity (Wildman–Crippen MR) is 76.3 cm³/mol. The lowest BCUT2D eigenvalue weighted by atomic mass is 10.2. The average molecular weight is 266 g/mol. The number of nitrogens with zero attached hydrogens (tertiary/aromatic N) is 1. The lowest BCUT2D eigenvalue weighted by Crippen LogP contribution is -2.42. The Bertz CT molecular complexity index is 396. The summed E-state index contributed by atoms with van der Waals surface area (Å²) in [5.41, 5.74) is 1.08. The van der Waals surface area contributed by atoms with Crippen LogP contribution in [0, 0.1) is 6.92 Å². The second-order valence-electron chi connectivity index (χ2n) is 4.95. The summed E-state index contributed by atoms with van der Waals surface area (Å²) in [5, 5.41) is 5.06. The van der Waals surface area contributed by atoms with E-state index in [1.807, 2.05) is 18.4 Å². The number of hydrogen-bond acceptors (Lipinski definition) is 3. The van der Waals surface area contributed by atoms with Gasteiger partial charge in [0.15, 0.2) is 0 Å². The number of hydrogen-bond donors (Lipinski definition) is 1. The number of likely N-dealkylation sites (tertiary alicyclic amines) is 1. The van der Waals surface area contributed by atoms with Gasteiger partial charge in [0.25, 0.3) is 5.91 Å². The summed E-state index contributed by atoms with van der Waals surface area (Å²) in [7, 11) is 0. The van der Waals surface area contributed by atoms with Crippen LogP contribution >= 0.6 is 11.3 Å². The molecule has 1 N–H and O–H groups in total. The van der Waals surface area contributed by atoms with Crippen LogP contribution in [0.4, 0.5) is 0 Å². The zero-order valence-corrected chi connectivity index (χ0v) is 12.1. The summed E-state index contributed by atoms with van der Waals surface area (Å²) in [6.07, 6.45) is 3.70. The van der Waals surface area contributed by atoms with E-state index < -0.39 is 0 Å². The van der Waals surface area contributed by atoms with Crippen molar-refractivity contribution >= 4 is 17.2 Å². The van der Waals surface area contributed by atoms with Gasteiger partial charge in [0.05, 0.1) is 4.88 Å². The Kier molecular flexibility index (Phi) is 4.78. The number of carbonyl (C=O) groups excluding carboxylic acids is 1. The minimum atomic E-state index is 0.0835. The first-order chi connectivity index (χ1) is 8.72. The molecule has 0 bridgehead atoms. The van der Waals surface area contributed by atoms with Gasteiger partial charge in [0.2, 0.25) is 0 Å². The maximum Gasteiger partial charge on any atom is 0.261 e. The molecule has 18 heavy (non-hydrogen) atoms. The van der Waals surface area contributed by atoms with E-state index in [0.717, 1.165) is 23.4 Å². The number of rotatable bonds is 5. The van der Waals surface area contributed by atoms with Gasteiger partial charge in [-0.05, 0) is 56.3 Å². The van der Waals surface area contributed by atoms with E-state index in [0.29, 0.717) is 6.04 Å². The topological polar surface area (TPSA) is 32.3 Å². The quantitative estimate of drug-likeness (QED) is 0.888. The highest BCUT2D eigenvalue weighted by atomic mass is 32.1. The van der Waals surface area contributed by atoms with E-state index in [1.54, 1.807) is 0 Å². The Balaban J connectivity index is 1.86. The zero-order valence-electron chi connectivity index (χ0n) is 11.2. The van der Waals surface area contributed by atoms with Crippen LogP contribution in [0.5, 0.6) is 0 Å². The van der Waals surface area contributed by atoms with Crippen molar-refractivity contribution in [2.45, 2.75) is 39.2 Å². The highest BCUT2D eigenvalue weighted by Crippen LogP contribution is 2.16. The Morgan fingerprint density at radius 2 is 2.22 bits per heavy atom. The van der Waals surface area contributed by atoms with Crippen LogP contribution in [-0.2, 0) is 0 Å². The standard InChI is InChI=1S/C14H22N2OS/c1-3-12(16-7-4-5-8-16)10-15-14(17)13-11(2)6-9-18-13/h6,9,12H,3-5,7-8,10H2,1-2H3,(H,15,17). The third kappa shape index (κ3) is 3.12. The number of carbonyl (C=O) groups is 1. The number of aryl methyl sites for hydroxylation is 1. The third-order valence-corrected chi connectivity index (χ3v) is 4.71. The number of amides is 1. The van der Waals surface area contributed by atoms with Crippen LogP contribution in [0.3, 0.4) is 0 Å². The van der Waals surface area contributed by atoms with Gasteiger partial charge < -0.3 is 5.32 Å². The molecule has 3 nitrogen and oxygen atoms in total. The van der Waals surface area contributed by atoms with Crippen molar-refractivity contribution in [3.63, 3.8) is 0 Å². The Labute approximate surface area is 113 Å². The maximum atomic E-state index is 12.0. The summed E-state index contributed by atoms with van der Waals surface area (Å²) in [6, 6.07) is 2.49. The SMILES string of the molecule is CCC(CNC(=O)c1sccc1C)N1CCCC1. The summed E-state index contributed by atoms with van der Waals surface area (Å²) < 4.78 is 0. The highest BCUT2D eigenvalue weighted by molar-refractivity contribution is 7.12. The molecule has 1 atom stereocenters. The predicted octanol–water partition coefficient (Wildman–Crippen LogP) is 2.66. The maximum absolute atomic E-state index is 12.0. The number of thiophene rings is 1. The van der Waals surface area contributed by atoms with Gasteiger partial charge in [0.1, 0.15) is 0 Å². The van der Waals surface area contributed by atoms with Crippen molar-refractivity contribution in [1.29, 1.82) is 0 Å². The first kappa shape index (κ1) is 13.6. The Morgan fingerprint density at radius 1 is 1.50 bits per heavy atom. The lowest BCUT2D eigenvalue weighted by molar-refractivity contribution is 0.0940. The van der Waals surface area contributed by atoms with Crippen molar-refractivity contribution in [3.05, 3.63) is 21.9 Å². The van der Waals surface area contributed by atoms with E-state index >= 15 is 0 Å². The van der Waals surface area contributed by atoms with E-state index in [-0.39, 0.29) is 5.91 Å². The minimum absolute atomic E-state index is 0.0835. The van der Waals surface area contributed by atoms with Crippen LogP contribution in [-0.4, -0.2) is 36.5 Å². The summed E-state index contributed by atoms with van der Waals surface area (Å²) in [5.74, 6) is 0.0835. The second-order valence-corrected chi connectivity index (χ2v) is 5.86. The molecule has 100 valence electrons. The fourth-order valence-electron chi connectivity index (χ4n) is 2.53. The summed E-state index contributed by atoms with van der Waals surface area (Å²) in [4.78, 5) is 15.4. The van der Waals surface area contributed by atoms with Crippen LogP contribution in [0.1, 0.15) is 41.4 Å². The minimum Gasteiger partial charge on any atom is -0.350 e. The van der Waals surface area contributed by atoms with Gasteiger partial charge in [-0.15, -0.1) is 11.3 Å². The number of nitrogens with one attached hydrogen (secondary N) is 1. The molecule has 2 heterocycles. The molecule has 1 aliphatic rings. The van der Waals surface area contributed by atoms with Gasteiger partial charge in [-0.2, -0.15) is 0 Å². The molecule has 1 unspecified atom stereocenters. The molecular weight excluding hydrogens is 244 g/mol. The molecular formula is C14H22N2OS. The molecule has 1 aromatic heterocycles. The highest BCUT2D eigenvalue weighted by Gasteiger charge is 2.21. The third-order valence-electron chi connectivity index (χ3n) is 3.69. The fourth-order valence-corrected chi connectivity index (χ4v) is 3.38. The van der Waals surface area contributed by atoms with Gasteiger partial charge >= 0.3 is 0 Å².